The van der Waals surface area contributed by atoms with Gasteiger partial charge in [0.05, 0.1) is 30.7 Å². The van der Waals surface area contributed by atoms with E-state index in [4.69, 9.17) is 4.74 Å². The van der Waals surface area contributed by atoms with Crippen LogP contribution in [0.1, 0.15) is 10.4 Å². The molecule has 1 aromatic carbocycles. The van der Waals surface area contributed by atoms with Gasteiger partial charge in [0.15, 0.2) is 0 Å². The molecule has 2 heterocycles. The molecule has 6 heteroatoms. The normalized spacial score (nSPS) is 12.4. The molecule has 18 heavy (non-hydrogen) atoms. The van der Waals surface area contributed by atoms with Crippen LogP contribution in [-0.2, 0) is 6.54 Å². The zero-order valence-electron chi connectivity index (χ0n) is 9.92. The molecule has 1 aliphatic rings. The van der Waals surface area contributed by atoms with E-state index in [1.165, 1.54) is 6.07 Å². The van der Waals surface area contributed by atoms with Crippen LogP contribution in [0, 0.1) is 0 Å². The minimum Gasteiger partial charge on any atom is -0.545 e. The quantitative estimate of drug-likeness (QED) is 0.506. The number of ether oxygens (including phenoxy) is 1. The van der Waals surface area contributed by atoms with E-state index in [0.717, 1.165) is 11.3 Å². The molecular formula is C12H9LiN2O3. The molecule has 0 spiro atoms. The van der Waals surface area contributed by atoms with Gasteiger partial charge in [-0.25, -0.2) is 4.98 Å². The van der Waals surface area contributed by atoms with E-state index in [0.29, 0.717) is 18.9 Å². The summed E-state index contributed by atoms with van der Waals surface area (Å²) in [6.45, 7) is 1.24. The monoisotopic (exact) mass is 236 g/mol. The van der Waals surface area contributed by atoms with Gasteiger partial charge in [-0.15, -0.1) is 0 Å². The standard InChI is InChI=1S/C12H10N2O3.Li/c15-12(16)8-1-2-11-9(5-8)10-6-13-7-14(10)3-4-17-11;/h1-2,5-7H,3-4H2,(H,15,16);/q;+1/p-1. The zero-order chi connectivity index (χ0) is 11.8. The van der Waals surface area contributed by atoms with Crippen molar-refractivity contribution in [3.63, 3.8) is 0 Å². The number of nitrogens with zero attached hydrogens (tertiary/aromatic N) is 2. The molecule has 0 aliphatic carbocycles. The Labute approximate surface area is 116 Å². The summed E-state index contributed by atoms with van der Waals surface area (Å²) in [6, 6.07) is 4.70. The van der Waals surface area contributed by atoms with E-state index in [-0.39, 0.29) is 24.4 Å². The van der Waals surface area contributed by atoms with Gasteiger partial charge >= 0.3 is 18.9 Å². The third-order valence-electron chi connectivity index (χ3n) is 2.79. The van der Waals surface area contributed by atoms with Crippen LogP contribution < -0.4 is 28.7 Å². The van der Waals surface area contributed by atoms with Crippen molar-refractivity contribution in [1.29, 1.82) is 0 Å². The summed E-state index contributed by atoms with van der Waals surface area (Å²) in [5.41, 5.74) is 1.74. The van der Waals surface area contributed by atoms with Gasteiger partial charge in [0.1, 0.15) is 12.4 Å². The molecule has 0 radical (unpaired) electrons. The van der Waals surface area contributed by atoms with Gasteiger partial charge in [0.25, 0.3) is 0 Å². The Hall–Kier alpha value is -1.70. The Balaban J connectivity index is 0.00000120. The largest absolute Gasteiger partial charge is 1.00 e. The molecule has 86 valence electrons. The summed E-state index contributed by atoms with van der Waals surface area (Å²) in [6.07, 6.45) is 3.41. The first-order valence-corrected chi connectivity index (χ1v) is 5.24. The van der Waals surface area contributed by atoms with Gasteiger partial charge in [-0.3, -0.25) is 0 Å². The smallest absolute Gasteiger partial charge is 0.545 e. The first-order chi connectivity index (χ1) is 8.25. The molecule has 5 nitrogen and oxygen atoms in total. The van der Waals surface area contributed by atoms with Gasteiger partial charge < -0.3 is 19.2 Å². The van der Waals surface area contributed by atoms with Crippen LogP contribution >= 0.6 is 0 Å². The summed E-state index contributed by atoms with van der Waals surface area (Å²) < 4.78 is 7.50. The number of rotatable bonds is 1. The van der Waals surface area contributed by atoms with Crippen molar-refractivity contribution in [2.45, 2.75) is 6.54 Å². The third-order valence-corrected chi connectivity index (χ3v) is 2.79. The Morgan fingerprint density at radius 1 is 1.44 bits per heavy atom. The van der Waals surface area contributed by atoms with E-state index >= 15 is 0 Å². The number of benzene rings is 1. The Morgan fingerprint density at radius 3 is 3.06 bits per heavy atom. The zero-order valence-corrected chi connectivity index (χ0v) is 9.92. The minimum absolute atomic E-state index is 0. The number of carboxylic acid groups (broad SMARTS) is 1. The molecule has 0 amide bonds. The number of hydrogen-bond acceptors (Lipinski definition) is 4. The number of fused-ring (bicyclic) bond motifs is 3. The van der Waals surface area contributed by atoms with Crippen molar-refractivity contribution in [3.8, 4) is 17.0 Å². The topological polar surface area (TPSA) is 67.2 Å². The van der Waals surface area contributed by atoms with Crippen molar-refractivity contribution < 1.29 is 33.5 Å². The number of carbonyl (C=O) groups excluding carboxylic acids is 1. The number of hydrogen-bond donors (Lipinski definition) is 0. The summed E-state index contributed by atoms with van der Waals surface area (Å²) >= 11 is 0. The van der Waals surface area contributed by atoms with Crippen LogP contribution in [0.25, 0.3) is 11.3 Å². The van der Waals surface area contributed by atoms with E-state index in [1.54, 1.807) is 24.7 Å². The van der Waals surface area contributed by atoms with Crippen LogP contribution in [0.5, 0.6) is 5.75 Å². The second-order valence-corrected chi connectivity index (χ2v) is 3.82. The number of carboxylic acids is 1. The van der Waals surface area contributed by atoms with Gasteiger partial charge in [0.2, 0.25) is 0 Å². The van der Waals surface area contributed by atoms with Crippen molar-refractivity contribution >= 4 is 5.97 Å². The summed E-state index contributed by atoms with van der Waals surface area (Å²) in [4.78, 5) is 14.9. The van der Waals surface area contributed by atoms with Gasteiger partial charge in [0, 0.05) is 5.56 Å². The predicted octanol–water partition coefficient (Wildman–Crippen LogP) is -2.69. The van der Waals surface area contributed by atoms with Crippen molar-refractivity contribution in [2.24, 2.45) is 0 Å². The molecule has 0 unspecified atom stereocenters. The molecule has 2 aromatic rings. The van der Waals surface area contributed by atoms with Gasteiger partial charge in [-0.05, 0) is 23.8 Å². The summed E-state index contributed by atoms with van der Waals surface area (Å²) in [5, 5.41) is 10.8. The van der Waals surface area contributed by atoms with E-state index < -0.39 is 5.97 Å². The predicted molar refractivity (Wildman–Crippen MR) is 57.5 cm³/mol. The van der Waals surface area contributed by atoms with Crippen LogP contribution in [-0.4, -0.2) is 22.1 Å². The van der Waals surface area contributed by atoms with Crippen LogP contribution in [0.2, 0.25) is 0 Å². The van der Waals surface area contributed by atoms with Crippen LogP contribution in [0.15, 0.2) is 30.7 Å². The second-order valence-electron chi connectivity index (χ2n) is 3.82. The first kappa shape index (κ1) is 12.7. The van der Waals surface area contributed by atoms with Gasteiger partial charge in [-0.1, -0.05) is 0 Å². The molecule has 0 N–H and O–H groups in total. The average molecular weight is 236 g/mol. The molecule has 1 aliphatic heterocycles. The third kappa shape index (κ3) is 2.03. The fourth-order valence-electron chi connectivity index (χ4n) is 1.96. The van der Waals surface area contributed by atoms with Crippen molar-refractivity contribution in [1.82, 2.24) is 9.55 Å². The maximum absolute atomic E-state index is 10.8. The second kappa shape index (κ2) is 4.89. The molecule has 0 saturated heterocycles. The molecule has 0 fully saturated rings. The Kier molecular flexibility index (Phi) is 3.46. The maximum Gasteiger partial charge on any atom is 1.00 e. The molecule has 1 aromatic heterocycles. The van der Waals surface area contributed by atoms with E-state index in [1.807, 2.05) is 4.57 Å². The van der Waals surface area contributed by atoms with Crippen molar-refractivity contribution in [3.05, 3.63) is 36.3 Å². The Bertz CT molecular complexity index is 595. The van der Waals surface area contributed by atoms with Gasteiger partial charge in [-0.2, -0.15) is 0 Å². The number of imidazole rings is 1. The fraction of sp³-hybridized carbons (Fsp3) is 0.167. The average Bonchev–Trinajstić information content (AvgIpc) is 2.71. The maximum atomic E-state index is 10.8. The minimum atomic E-state index is -1.19. The van der Waals surface area contributed by atoms with E-state index in [9.17, 15) is 9.90 Å². The molecular weight excluding hydrogens is 227 g/mol. The first-order valence-electron chi connectivity index (χ1n) is 5.24. The SMILES string of the molecule is O=C([O-])c1ccc2c(c1)-c1cncn1CCO2.[Li+]. The molecule has 0 bridgehead atoms. The number of carbonyl (C=O) groups is 1. The van der Waals surface area contributed by atoms with Crippen LogP contribution in [0.4, 0.5) is 0 Å². The molecule has 0 atom stereocenters. The summed E-state index contributed by atoms with van der Waals surface area (Å²) in [5.74, 6) is -0.516. The molecule has 0 saturated carbocycles. The summed E-state index contributed by atoms with van der Waals surface area (Å²) in [7, 11) is 0. The van der Waals surface area contributed by atoms with Crippen LogP contribution in [0.3, 0.4) is 0 Å². The number of aromatic carboxylic acids is 1. The molecule has 3 rings (SSSR count). The number of aromatic nitrogens is 2. The van der Waals surface area contributed by atoms with E-state index in [2.05, 4.69) is 4.98 Å². The fourth-order valence-corrected chi connectivity index (χ4v) is 1.96. The van der Waals surface area contributed by atoms with Crippen molar-refractivity contribution in [2.75, 3.05) is 6.61 Å². The Morgan fingerprint density at radius 2 is 2.28 bits per heavy atom.